The first-order valence-electron chi connectivity index (χ1n) is 12.0. The van der Waals surface area contributed by atoms with Crippen LogP contribution in [0.25, 0.3) is 33.4 Å². The molecule has 5 rings (SSSR count). The largest absolute Gasteiger partial charge is 0.429 e. The molecule has 8 heteroatoms. The van der Waals surface area contributed by atoms with E-state index in [1.165, 1.54) is 6.07 Å². The zero-order valence-corrected chi connectivity index (χ0v) is 20.8. The van der Waals surface area contributed by atoms with Gasteiger partial charge in [0.25, 0.3) is 0 Å². The lowest BCUT2D eigenvalue weighted by Crippen LogP contribution is -2.21. The van der Waals surface area contributed by atoms with Gasteiger partial charge in [-0.15, -0.1) is 0 Å². The first-order chi connectivity index (χ1) is 19.0. The maximum Gasteiger partial charge on any atom is 0.426 e. The van der Waals surface area contributed by atoms with E-state index in [0.717, 1.165) is 48.0 Å². The van der Waals surface area contributed by atoms with E-state index in [9.17, 15) is 22.0 Å². The Morgan fingerprint density at radius 3 is 1.70 bits per heavy atom. The molecule has 0 heterocycles. The summed E-state index contributed by atoms with van der Waals surface area (Å²) in [6.45, 7) is 1.78. The lowest BCUT2D eigenvalue weighted by Gasteiger charge is -2.19. The maximum atomic E-state index is 15.1. The molecule has 0 aliphatic carbocycles. The van der Waals surface area contributed by atoms with Crippen molar-refractivity contribution in [2.24, 2.45) is 0 Å². The van der Waals surface area contributed by atoms with Gasteiger partial charge in [0.2, 0.25) is 0 Å². The van der Waals surface area contributed by atoms with Gasteiger partial charge in [-0.3, -0.25) is 0 Å². The van der Waals surface area contributed by atoms with Gasteiger partial charge in [0, 0.05) is 11.6 Å². The van der Waals surface area contributed by atoms with Gasteiger partial charge in [-0.25, -0.2) is 22.0 Å². The van der Waals surface area contributed by atoms with Crippen LogP contribution in [0.4, 0.5) is 30.7 Å². The Morgan fingerprint density at radius 1 is 0.500 bits per heavy atom. The van der Waals surface area contributed by atoms with Crippen molar-refractivity contribution in [3.05, 3.63) is 137 Å². The summed E-state index contributed by atoms with van der Waals surface area (Å²) in [4.78, 5) is 0. The minimum atomic E-state index is -3.93. The zero-order chi connectivity index (χ0) is 28.6. The second-order valence-corrected chi connectivity index (χ2v) is 9.15. The number of hydrogen-bond donors (Lipinski definition) is 0. The summed E-state index contributed by atoms with van der Waals surface area (Å²) < 4.78 is 105. The van der Waals surface area contributed by atoms with E-state index in [1.807, 2.05) is 0 Å². The Balaban J connectivity index is 1.38. The number of halogens is 7. The molecule has 0 saturated carbocycles. The fraction of sp³-hybridized carbons (Fsp3) is 0.0625. The molecule has 0 N–H and O–H groups in total. The van der Waals surface area contributed by atoms with Crippen molar-refractivity contribution >= 4 is 0 Å². The number of benzene rings is 5. The third-order valence-corrected chi connectivity index (χ3v) is 6.34. The van der Waals surface area contributed by atoms with Gasteiger partial charge in [0.05, 0.1) is 11.1 Å². The Labute approximate surface area is 225 Å². The molecule has 0 saturated heterocycles. The standard InChI is InChI=1S/C32H19F7O/c1-18-2-12-25(27(34)14-18)20-5-3-19(4-6-20)22-15-29(36)31(30(37)16-22)21-7-9-23(10-8-21)32(38,39)40-24-11-13-26(33)28(35)17-24/h2-17H,1H3. The number of aryl methyl sites for hydroxylation is 1. The summed E-state index contributed by atoms with van der Waals surface area (Å²) >= 11 is 0. The highest BCUT2D eigenvalue weighted by Crippen LogP contribution is 2.36. The summed E-state index contributed by atoms with van der Waals surface area (Å²) in [6.07, 6.45) is -3.93. The lowest BCUT2D eigenvalue weighted by atomic mass is 9.96. The Bertz CT molecular complexity index is 1670. The highest BCUT2D eigenvalue weighted by Gasteiger charge is 2.35. The van der Waals surface area contributed by atoms with E-state index in [2.05, 4.69) is 4.74 Å². The number of ether oxygens (including phenoxy) is 1. The average Bonchev–Trinajstić information content (AvgIpc) is 2.91. The van der Waals surface area contributed by atoms with E-state index in [1.54, 1.807) is 43.3 Å². The van der Waals surface area contributed by atoms with E-state index in [4.69, 9.17) is 0 Å². The smallest absolute Gasteiger partial charge is 0.426 e. The molecule has 5 aromatic rings. The first kappa shape index (κ1) is 27.0. The van der Waals surface area contributed by atoms with Crippen molar-refractivity contribution in [2.75, 3.05) is 0 Å². The van der Waals surface area contributed by atoms with Gasteiger partial charge in [0.1, 0.15) is 23.2 Å². The van der Waals surface area contributed by atoms with Crippen molar-refractivity contribution in [1.29, 1.82) is 0 Å². The van der Waals surface area contributed by atoms with Crippen LogP contribution in [-0.2, 0) is 6.11 Å². The lowest BCUT2D eigenvalue weighted by molar-refractivity contribution is -0.185. The topological polar surface area (TPSA) is 9.23 Å². The summed E-state index contributed by atoms with van der Waals surface area (Å²) in [5.74, 6) is -5.38. The predicted octanol–water partition coefficient (Wildman–Crippen LogP) is 9.82. The van der Waals surface area contributed by atoms with Crippen LogP contribution in [0.5, 0.6) is 5.75 Å². The molecule has 0 aliphatic heterocycles. The summed E-state index contributed by atoms with van der Waals surface area (Å²) in [7, 11) is 0. The molecule has 0 unspecified atom stereocenters. The van der Waals surface area contributed by atoms with Gasteiger partial charge in [-0.2, -0.15) is 8.78 Å². The first-order valence-corrected chi connectivity index (χ1v) is 12.0. The number of hydrogen-bond acceptors (Lipinski definition) is 1. The van der Waals surface area contributed by atoms with Crippen LogP contribution >= 0.6 is 0 Å². The van der Waals surface area contributed by atoms with Crippen LogP contribution in [0.2, 0.25) is 0 Å². The molecule has 5 aromatic carbocycles. The van der Waals surface area contributed by atoms with Gasteiger partial charge >= 0.3 is 6.11 Å². The van der Waals surface area contributed by atoms with Crippen LogP contribution in [-0.4, -0.2) is 0 Å². The molecule has 1 nitrogen and oxygen atoms in total. The third-order valence-electron chi connectivity index (χ3n) is 6.34. The van der Waals surface area contributed by atoms with E-state index < -0.39 is 46.3 Å². The molecule has 0 atom stereocenters. The molecule has 0 bridgehead atoms. The van der Waals surface area contributed by atoms with E-state index in [-0.39, 0.29) is 16.9 Å². The van der Waals surface area contributed by atoms with Crippen molar-refractivity contribution < 1.29 is 35.5 Å². The number of alkyl halides is 2. The van der Waals surface area contributed by atoms with Gasteiger partial charge < -0.3 is 4.74 Å². The molecule has 0 aliphatic rings. The molecular formula is C32H19F7O. The van der Waals surface area contributed by atoms with E-state index >= 15 is 8.78 Å². The molecule has 0 aromatic heterocycles. The van der Waals surface area contributed by atoms with Crippen molar-refractivity contribution in [2.45, 2.75) is 13.0 Å². The Kier molecular flexibility index (Phi) is 7.10. The van der Waals surface area contributed by atoms with E-state index in [0.29, 0.717) is 28.8 Å². The summed E-state index contributed by atoms with van der Waals surface area (Å²) in [6, 6.07) is 19.7. The summed E-state index contributed by atoms with van der Waals surface area (Å²) in [5, 5.41) is 0. The molecule has 40 heavy (non-hydrogen) atoms. The normalized spacial score (nSPS) is 11.5. The Morgan fingerprint density at radius 2 is 1.10 bits per heavy atom. The molecule has 202 valence electrons. The van der Waals surface area contributed by atoms with Crippen LogP contribution < -0.4 is 4.74 Å². The quantitative estimate of drug-likeness (QED) is 0.191. The molecule has 0 fully saturated rings. The zero-order valence-electron chi connectivity index (χ0n) is 20.8. The Hall–Kier alpha value is -4.59. The van der Waals surface area contributed by atoms with Gasteiger partial charge in [-0.05, 0) is 77.2 Å². The van der Waals surface area contributed by atoms with Crippen LogP contribution in [0.3, 0.4) is 0 Å². The fourth-order valence-corrected chi connectivity index (χ4v) is 4.29. The minimum absolute atomic E-state index is 0.000814. The number of rotatable bonds is 6. The van der Waals surface area contributed by atoms with Gasteiger partial charge in [-0.1, -0.05) is 48.5 Å². The van der Waals surface area contributed by atoms with Crippen molar-refractivity contribution in [3.63, 3.8) is 0 Å². The predicted molar refractivity (Wildman–Crippen MR) is 138 cm³/mol. The highest BCUT2D eigenvalue weighted by molar-refractivity contribution is 5.74. The monoisotopic (exact) mass is 552 g/mol. The molecular weight excluding hydrogens is 533 g/mol. The second-order valence-electron chi connectivity index (χ2n) is 9.15. The SMILES string of the molecule is Cc1ccc(-c2ccc(-c3cc(F)c(-c4ccc(C(F)(F)Oc5ccc(F)c(F)c5)cc4)c(F)c3)cc2)c(F)c1. The van der Waals surface area contributed by atoms with Crippen LogP contribution in [0.15, 0.2) is 97.1 Å². The van der Waals surface area contributed by atoms with Crippen molar-refractivity contribution in [1.82, 2.24) is 0 Å². The molecule has 0 spiro atoms. The van der Waals surface area contributed by atoms with Crippen molar-refractivity contribution in [3.8, 4) is 39.1 Å². The maximum absolute atomic E-state index is 15.1. The van der Waals surface area contributed by atoms with Gasteiger partial charge in [0.15, 0.2) is 11.6 Å². The second kappa shape index (κ2) is 10.5. The highest BCUT2D eigenvalue weighted by atomic mass is 19.3. The van der Waals surface area contributed by atoms with Crippen LogP contribution in [0.1, 0.15) is 11.1 Å². The molecule has 0 radical (unpaired) electrons. The van der Waals surface area contributed by atoms with Crippen LogP contribution in [0, 0.1) is 36.0 Å². The molecule has 0 amide bonds. The minimum Gasteiger partial charge on any atom is -0.429 e. The average molecular weight is 552 g/mol. The fourth-order valence-electron chi connectivity index (χ4n) is 4.29. The third kappa shape index (κ3) is 5.43. The summed E-state index contributed by atoms with van der Waals surface area (Å²) in [5.41, 5.74) is 1.42.